The van der Waals surface area contributed by atoms with Crippen LogP contribution in [0.2, 0.25) is 0 Å². The summed E-state index contributed by atoms with van der Waals surface area (Å²) in [6, 6.07) is 3.99. The van der Waals surface area contributed by atoms with Crippen LogP contribution >= 0.6 is 0 Å². The molecular weight excluding hydrogens is 540 g/mol. The molecule has 0 bridgehead atoms. The van der Waals surface area contributed by atoms with Gasteiger partial charge in [0.1, 0.15) is 0 Å². The van der Waals surface area contributed by atoms with Gasteiger partial charge < -0.3 is 20.1 Å². The highest BCUT2D eigenvalue weighted by Crippen LogP contribution is 2.20. The molecule has 0 atom stereocenters. The van der Waals surface area contributed by atoms with E-state index in [2.05, 4.69) is 30.8 Å². The number of anilines is 1. The number of aliphatic carboxylic acids is 2. The third kappa shape index (κ3) is 10.5. The molecular formula is C23H27F6N5O5. The lowest BCUT2D eigenvalue weighted by molar-refractivity contribution is -0.193. The summed E-state index contributed by atoms with van der Waals surface area (Å²) < 4.78 is 63.5. The Labute approximate surface area is 218 Å². The molecule has 0 radical (unpaired) electrons. The average Bonchev–Trinajstić information content (AvgIpc) is 3.10. The molecule has 0 saturated carbocycles. The van der Waals surface area contributed by atoms with Gasteiger partial charge in [-0.15, -0.1) is 0 Å². The van der Waals surface area contributed by atoms with Crippen LogP contribution in [0.5, 0.6) is 0 Å². The minimum absolute atomic E-state index is 0.0909. The number of pyridine rings is 1. The first-order valence-electron chi connectivity index (χ1n) is 11.8. The number of aromatic nitrogens is 3. The molecule has 1 aliphatic heterocycles. The third-order valence-electron chi connectivity index (χ3n) is 5.72. The molecule has 1 saturated heterocycles. The lowest BCUT2D eigenvalue weighted by atomic mass is 9.95. The van der Waals surface area contributed by atoms with Crippen LogP contribution in [0.4, 0.5) is 32.3 Å². The summed E-state index contributed by atoms with van der Waals surface area (Å²) in [4.78, 5) is 46.7. The van der Waals surface area contributed by atoms with Gasteiger partial charge in [0.25, 0.3) is 5.56 Å². The molecule has 216 valence electrons. The van der Waals surface area contributed by atoms with E-state index in [0.717, 1.165) is 69.2 Å². The van der Waals surface area contributed by atoms with Crippen LogP contribution in [0.1, 0.15) is 36.1 Å². The van der Waals surface area contributed by atoms with Crippen molar-refractivity contribution in [3.63, 3.8) is 0 Å². The molecule has 0 amide bonds. The van der Waals surface area contributed by atoms with Crippen LogP contribution in [-0.4, -0.2) is 80.5 Å². The second kappa shape index (κ2) is 13.9. The van der Waals surface area contributed by atoms with Gasteiger partial charge in [-0.2, -0.15) is 26.3 Å². The van der Waals surface area contributed by atoms with Crippen LogP contribution in [0, 0.1) is 0 Å². The lowest BCUT2D eigenvalue weighted by Crippen LogP contribution is -2.33. The van der Waals surface area contributed by atoms with E-state index in [0.29, 0.717) is 0 Å². The molecule has 2 aliphatic rings. The van der Waals surface area contributed by atoms with Crippen molar-refractivity contribution in [2.24, 2.45) is 0 Å². The molecule has 4 rings (SSSR count). The molecule has 3 heterocycles. The van der Waals surface area contributed by atoms with Crippen LogP contribution in [0.25, 0.3) is 0 Å². The Morgan fingerprint density at radius 2 is 1.44 bits per heavy atom. The highest BCUT2D eigenvalue weighted by Gasteiger charge is 2.38. The second-order valence-electron chi connectivity index (χ2n) is 8.61. The van der Waals surface area contributed by atoms with Crippen LogP contribution < -0.4 is 10.5 Å². The third-order valence-corrected chi connectivity index (χ3v) is 5.72. The van der Waals surface area contributed by atoms with Crippen molar-refractivity contribution in [3.05, 3.63) is 51.7 Å². The largest absolute Gasteiger partial charge is 0.490 e. The number of hydrogen-bond acceptors (Lipinski definition) is 7. The Morgan fingerprint density at radius 3 is 2.00 bits per heavy atom. The van der Waals surface area contributed by atoms with Gasteiger partial charge in [0.05, 0.1) is 0 Å². The van der Waals surface area contributed by atoms with Crippen molar-refractivity contribution in [3.8, 4) is 0 Å². The number of hydrogen-bond donors (Lipinski definition) is 3. The molecule has 39 heavy (non-hydrogen) atoms. The van der Waals surface area contributed by atoms with Crippen molar-refractivity contribution in [2.45, 2.75) is 51.0 Å². The summed E-state index contributed by atoms with van der Waals surface area (Å²) in [5.74, 6) is -4.71. The van der Waals surface area contributed by atoms with E-state index >= 15 is 0 Å². The Morgan fingerprint density at radius 1 is 0.872 bits per heavy atom. The first-order chi connectivity index (χ1) is 18.2. The van der Waals surface area contributed by atoms with Crippen LogP contribution in [0.15, 0.2) is 29.3 Å². The Balaban J connectivity index is 0.000000317. The van der Waals surface area contributed by atoms with Crippen molar-refractivity contribution in [2.75, 3.05) is 31.1 Å². The first kappa shape index (κ1) is 31.5. The van der Waals surface area contributed by atoms with Crippen LogP contribution in [-0.2, 0) is 29.0 Å². The number of carbonyl (C=O) groups is 2. The summed E-state index contributed by atoms with van der Waals surface area (Å²) in [6.07, 6.45) is -1.00. The van der Waals surface area contributed by atoms with Gasteiger partial charge in [-0.25, -0.2) is 19.6 Å². The fourth-order valence-corrected chi connectivity index (χ4v) is 3.87. The monoisotopic (exact) mass is 567 g/mol. The Bertz CT molecular complexity index is 1130. The minimum Gasteiger partial charge on any atom is -0.475 e. The molecule has 2 aromatic rings. The van der Waals surface area contributed by atoms with Crippen molar-refractivity contribution < 1.29 is 46.1 Å². The normalized spacial score (nSPS) is 16.0. The van der Waals surface area contributed by atoms with Crippen molar-refractivity contribution in [1.82, 2.24) is 19.9 Å². The average molecular weight is 567 g/mol. The minimum atomic E-state index is -5.08. The molecule has 1 fully saturated rings. The number of aryl methyl sites for hydroxylation is 2. The number of nitrogens with one attached hydrogen (secondary N) is 1. The maximum atomic E-state index is 12.4. The molecule has 10 nitrogen and oxygen atoms in total. The predicted molar refractivity (Wildman–Crippen MR) is 125 cm³/mol. The van der Waals surface area contributed by atoms with E-state index in [1.807, 2.05) is 6.07 Å². The predicted octanol–water partition coefficient (Wildman–Crippen LogP) is 3.02. The second-order valence-corrected chi connectivity index (χ2v) is 8.61. The molecule has 0 unspecified atom stereocenters. The van der Waals surface area contributed by atoms with E-state index < -0.39 is 24.3 Å². The molecule has 0 spiro atoms. The molecule has 0 aromatic carbocycles. The van der Waals surface area contributed by atoms with Gasteiger partial charge in [-0.05, 0) is 49.8 Å². The van der Waals surface area contributed by atoms with Crippen molar-refractivity contribution in [1.29, 1.82) is 0 Å². The smallest absolute Gasteiger partial charge is 0.475 e. The summed E-state index contributed by atoms with van der Waals surface area (Å²) in [5.41, 5.74) is 3.50. The van der Waals surface area contributed by atoms with Gasteiger partial charge >= 0.3 is 24.3 Å². The topological polar surface area (TPSA) is 140 Å². The molecule has 16 heteroatoms. The summed E-state index contributed by atoms with van der Waals surface area (Å²) in [5, 5.41) is 14.2. The van der Waals surface area contributed by atoms with E-state index in [1.165, 1.54) is 18.4 Å². The molecule has 1 aliphatic carbocycles. The SMILES string of the molecule is O=C(O)C(F)(F)F.O=C(O)C(F)(F)F.O=c1[nH]c2c(cc1CN1CCCN(c3ncccn3)CC1)CCCC2. The number of carboxylic acids is 2. The highest BCUT2D eigenvalue weighted by molar-refractivity contribution is 5.73. The number of fused-ring (bicyclic) bond motifs is 1. The number of aromatic amines is 1. The van der Waals surface area contributed by atoms with E-state index in [1.54, 1.807) is 12.4 Å². The standard InChI is InChI=1S/C19H25N5O.2C2HF3O2/c25-18-16(13-15-5-1-2-6-17(15)22-18)14-23-9-4-10-24(12-11-23)19-20-7-3-8-21-19;2*3-2(4,5)1(6)7/h3,7-8,13H,1-2,4-6,9-12,14H2,(H,22,25);2*(H,6,7). The van der Waals surface area contributed by atoms with E-state index in [-0.39, 0.29) is 5.56 Å². The number of alkyl halides is 6. The quantitative estimate of drug-likeness (QED) is 0.478. The van der Waals surface area contributed by atoms with E-state index in [9.17, 15) is 31.1 Å². The number of carboxylic acid groups (broad SMARTS) is 2. The van der Waals surface area contributed by atoms with Gasteiger partial charge in [0.15, 0.2) is 0 Å². The van der Waals surface area contributed by atoms with Gasteiger partial charge in [0, 0.05) is 56.4 Å². The number of H-pyrrole nitrogens is 1. The number of halogens is 6. The number of nitrogens with zero attached hydrogens (tertiary/aromatic N) is 4. The van der Waals surface area contributed by atoms with Crippen LogP contribution in [0.3, 0.4) is 0 Å². The van der Waals surface area contributed by atoms with Gasteiger partial charge in [-0.1, -0.05) is 0 Å². The zero-order valence-corrected chi connectivity index (χ0v) is 20.6. The maximum Gasteiger partial charge on any atom is 0.490 e. The highest BCUT2D eigenvalue weighted by atomic mass is 19.4. The maximum absolute atomic E-state index is 12.4. The Hall–Kier alpha value is -3.69. The zero-order valence-electron chi connectivity index (χ0n) is 20.6. The molecule has 2 aromatic heterocycles. The zero-order chi connectivity index (χ0) is 29.2. The summed E-state index contributed by atoms with van der Waals surface area (Å²) in [6.45, 7) is 4.51. The fourth-order valence-electron chi connectivity index (χ4n) is 3.87. The summed E-state index contributed by atoms with van der Waals surface area (Å²) >= 11 is 0. The molecule has 3 N–H and O–H groups in total. The first-order valence-corrected chi connectivity index (χ1v) is 11.8. The Kier molecular flexibility index (Phi) is 11.2. The summed E-state index contributed by atoms with van der Waals surface area (Å²) in [7, 11) is 0. The van der Waals surface area contributed by atoms with E-state index in [4.69, 9.17) is 19.8 Å². The fraction of sp³-hybridized carbons (Fsp3) is 0.522. The van der Waals surface area contributed by atoms with Gasteiger partial charge in [-0.3, -0.25) is 9.69 Å². The number of rotatable bonds is 3. The van der Waals surface area contributed by atoms with Crippen molar-refractivity contribution >= 4 is 17.9 Å². The van der Waals surface area contributed by atoms with Gasteiger partial charge in [0.2, 0.25) is 5.95 Å². The lowest BCUT2D eigenvalue weighted by Gasteiger charge is -2.22.